The van der Waals surface area contributed by atoms with Gasteiger partial charge < -0.3 is 20.1 Å². The lowest BCUT2D eigenvalue weighted by molar-refractivity contribution is -0.0691. The molecule has 7 atom stereocenters. The summed E-state index contributed by atoms with van der Waals surface area (Å²) in [5.41, 5.74) is 3.47. The number of aliphatic hydroxyl groups is 3. The van der Waals surface area contributed by atoms with Gasteiger partial charge in [-0.1, -0.05) is 57.9 Å². The van der Waals surface area contributed by atoms with E-state index in [0.717, 1.165) is 30.4 Å². The van der Waals surface area contributed by atoms with Crippen LogP contribution in [0.3, 0.4) is 0 Å². The molecule has 3 rings (SSSR count). The number of ether oxygens (including phenoxy) is 1. The van der Waals surface area contributed by atoms with Crippen LogP contribution in [0.15, 0.2) is 35.5 Å². The zero-order valence-electron chi connectivity index (χ0n) is 20.7. The Morgan fingerprint density at radius 2 is 1.91 bits per heavy atom. The predicted molar refractivity (Wildman–Crippen MR) is 130 cm³/mol. The second kappa shape index (κ2) is 11.0. The van der Waals surface area contributed by atoms with Crippen molar-refractivity contribution >= 4 is 0 Å². The first kappa shape index (κ1) is 25.7. The molecule has 0 aromatic rings. The van der Waals surface area contributed by atoms with E-state index in [0.29, 0.717) is 37.2 Å². The molecule has 3 aliphatic rings. The maximum atomic E-state index is 10.5. The molecule has 0 saturated heterocycles. The first-order valence-corrected chi connectivity index (χ1v) is 13.0. The summed E-state index contributed by atoms with van der Waals surface area (Å²) in [7, 11) is 0. The van der Waals surface area contributed by atoms with E-state index in [-0.39, 0.29) is 17.6 Å². The Bertz CT molecular complexity index is 706. The van der Waals surface area contributed by atoms with Crippen LogP contribution in [0, 0.1) is 23.2 Å². The first-order chi connectivity index (χ1) is 15.2. The molecule has 182 valence electrons. The van der Waals surface area contributed by atoms with Crippen molar-refractivity contribution in [1.82, 2.24) is 0 Å². The molecule has 0 bridgehead atoms. The Kier molecular flexibility index (Phi) is 8.82. The summed E-state index contributed by atoms with van der Waals surface area (Å²) in [6, 6.07) is 0. The summed E-state index contributed by atoms with van der Waals surface area (Å²) >= 11 is 0. The molecule has 4 heteroatoms. The predicted octanol–water partition coefficient (Wildman–Crippen LogP) is 5.33. The van der Waals surface area contributed by atoms with Crippen molar-refractivity contribution in [3.63, 3.8) is 0 Å². The normalized spacial score (nSPS) is 37.8. The van der Waals surface area contributed by atoms with Crippen molar-refractivity contribution in [3.05, 3.63) is 35.5 Å². The van der Waals surface area contributed by atoms with E-state index in [1.165, 1.54) is 31.3 Å². The second-order valence-electron chi connectivity index (χ2n) is 10.8. The lowest BCUT2D eigenvalue weighted by Crippen LogP contribution is -2.40. The van der Waals surface area contributed by atoms with Crippen molar-refractivity contribution in [2.45, 2.75) is 110 Å². The zero-order chi connectivity index (χ0) is 23.5. The molecule has 0 aromatic carbocycles. The minimum Gasteiger partial charge on any atom is -0.393 e. The maximum absolute atomic E-state index is 10.5. The van der Waals surface area contributed by atoms with E-state index in [2.05, 4.69) is 46.4 Å². The van der Waals surface area contributed by atoms with Crippen molar-refractivity contribution < 1.29 is 20.1 Å². The summed E-state index contributed by atoms with van der Waals surface area (Å²) in [6.45, 7) is 13.4. The monoisotopic (exact) mass is 446 g/mol. The molecule has 3 N–H and O–H groups in total. The average Bonchev–Trinajstić information content (AvgIpc) is 3.12. The van der Waals surface area contributed by atoms with Gasteiger partial charge in [-0.05, 0) is 79.8 Å². The van der Waals surface area contributed by atoms with Gasteiger partial charge >= 0.3 is 0 Å². The molecule has 0 spiro atoms. The minimum atomic E-state index is -0.635. The SMILES string of the molecule is C=C1/C(=C/C=C2\CCC[C@]3(C)[C@@H]([C@H](C)OC[C@@H](O)C(CC)CC)CC[C@@H]23)C[C@@H](O)C[C@@H]1O. The van der Waals surface area contributed by atoms with Crippen LogP contribution >= 0.6 is 0 Å². The number of fused-ring (bicyclic) bond motifs is 1. The van der Waals surface area contributed by atoms with E-state index in [4.69, 9.17) is 4.74 Å². The number of aliphatic hydroxyl groups excluding tert-OH is 3. The van der Waals surface area contributed by atoms with Crippen molar-refractivity contribution in [1.29, 1.82) is 0 Å². The fourth-order valence-electron chi connectivity index (χ4n) is 6.85. The van der Waals surface area contributed by atoms with E-state index >= 15 is 0 Å². The van der Waals surface area contributed by atoms with Gasteiger partial charge in [-0.3, -0.25) is 0 Å². The number of rotatable bonds is 8. The Hall–Kier alpha value is -0.940. The highest BCUT2D eigenvalue weighted by molar-refractivity contribution is 5.38. The maximum Gasteiger partial charge on any atom is 0.0811 e. The van der Waals surface area contributed by atoms with Crippen LogP contribution in [-0.4, -0.2) is 46.3 Å². The molecule has 32 heavy (non-hydrogen) atoms. The third kappa shape index (κ3) is 5.41. The van der Waals surface area contributed by atoms with Crippen LogP contribution in [0.5, 0.6) is 0 Å². The fourth-order valence-corrected chi connectivity index (χ4v) is 6.85. The van der Waals surface area contributed by atoms with Crippen LogP contribution in [0.1, 0.15) is 85.5 Å². The van der Waals surface area contributed by atoms with Gasteiger partial charge in [0.25, 0.3) is 0 Å². The lowest BCUT2D eigenvalue weighted by Gasteiger charge is -2.44. The zero-order valence-corrected chi connectivity index (χ0v) is 20.7. The van der Waals surface area contributed by atoms with Crippen LogP contribution in [0.2, 0.25) is 0 Å². The van der Waals surface area contributed by atoms with Crippen molar-refractivity contribution in [2.75, 3.05) is 6.61 Å². The van der Waals surface area contributed by atoms with Gasteiger partial charge in [0.15, 0.2) is 0 Å². The highest BCUT2D eigenvalue weighted by Crippen LogP contribution is 2.58. The van der Waals surface area contributed by atoms with Gasteiger partial charge in [-0.2, -0.15) is 0 Å². The summed E-state index contributed by atoms with van der Waals surface area (Å²) in [5, 5.41) is 30.7. The lowest BCUT2D eigenvalue weighted by atomic mass is 9.62. The highest BCUT2D eigenvalue weighted by Gasteiger charge is 2.51. The third-order valence-electron chi connectivity index (χ3n) is 8.99. The Morgan fingerprint density at radius 1 is 1.19 bits per heavy atom. The molecular formula is C28H46O4. The van der Waals surface area contributed by atoms with Crippen LogP contribution in [0.4, 0.5) is 0 Å². The Balaban J connectivity index is 1.68. The second-order valence-corrected chi connectivity index (χ2v) is 10.8. The van der Waals surface area contributed by atoms with Gasteiger partial charge in [0, 0.05) is 6.42 Å². The van der Waals surface area contributed by atoms with Gasteiger partial charge in [-0.15, -0.1) is 0 Å². The quantitative estimate of drug-likeness (QED) is 0.471. The third-order valence-corrected chi connectivity index (χ3v) is 8.99. The van der Waals surface area contributed by atoms with Crippen LogP contribution < -0.4 is 0 Å². The summed E-state index contributed by atoms with van der Waals surface area (Å²) in [4.78, 5) is 0. The van der Waals surface area contributed by atoms with Gasteiger partial charge in [0.05, 0.1) is 31.0 Å². The smallest absolute Gasteiger partial charge is 0.0811 e. The molecule has 0 heterocycles. The van der Waals surface area contributed by atoms with Crippen LogP contribution in [0.25, 0.3) is 0 Å². The van der Waals surface area contributed by atoms with E-state index < -0.39 is 12.2 Å². The Morgan fingerprint density at radius 3 is 2.59 bits per heavy atom. The molecule has 4 nitrogen and oxygen atoms in total. The van der Waals surface area contributed by atoms with Crippen LogP contribution in [-0.2, 0) is 4.74 Å². The van der Waals surface area contributed by atoms with Crippen molar-refractivity contribution in [3.8, 4) is 0 Å². The number of allylic oxidation sites excluding steroid dienone is 3. The fraction of sp³-hybridized carbons (Fsp3) is 0.786. The van der Waals surface area contributed by atoms with Gasteiger partial charge in [0.1, 0.15) is 0 Å². The first-order valence-electron chi connectivity index (χ1n) is 13.0. The highest BCUT2D eigenvalue weighted by atomic mass is 16.5. The molecule has 0 unspecified atom stereocenters. The molecule has 0 amide bonds. The average molecular weight is 447 g/mol. The largest absolute Gasteiger partial charge is 0.393 e. The molecule has 0 radical (unpaired) electrons. The Labute approximate surface area is 195 Å². The minimum absolute atomic E-state index is 0.148. The topological polar surface area (TPSA) is 69.9 Å². The molecule has 3 saturated carbocycles. The standard InChI is InChI=1S/C28H46O4/c1-6-20(7-2)27(31)17-32-19(4)24-12-13-25-21(9-8-14-28(24,25)5)10-11-22-15-23(29)16-26(30)18(22)3/h10-11,19-20,23-27,29-31H,3,6-9,12-17H2,1-2,4-5H3/b21-10+,22-11+/t19-,23+,24+,25-,26-,27+,28+/m0/s1. The molecule has 0 aliphatic heterocycles. The van der Waals surface area contributed by atoms with Crippen molar-refractivity contribution in [2.24, 2.45) is 23.2 Å². The molecule has 3 aliphatic carbocycles. The van der Waals surface area contributed by atoms with E-state index in [9.17, 15) is 15.3 Å². The molecule has 0 aromatic heterocycles. The van der Waals surface area contributed by atoms with Gasteiger partial charge in [0.2, 0.25) is 0 Å². The number of hydrogen-bond acceptors (Lipinski definition) is 4. The number of hydrogen-bond donors (Lipinski definition) is 3. The summed E-state index contributed by atoms with van der Waals surface area (Å²) in [5.74, 6) is 1.38. The molecular weight excluding hydrogens is 400 g/mol. The van der Waals surface area contributed by atoms with E-state index in [1.807, 2.05) is 0 Å². The van der Waals surface area contributed by atoms with E-state index in [1.54, 1.807) is 0 Å². The summed E-state index contributed by atoms with van der Waals surface area (Å²) in [6.07, 6.45) is 11.9. The van der Waals surface area contributed by atoms with Gasteiger partial charge in [-0.25, -0.2) is 0 Å². The molecule has 3 fully saturated rings. The summed E-state index contributed by atoms with van der Waals surface area (Å²) < 4.78 is 6.27.